The Labute approximate surface area is 102 Å². The van der Waals surface area contributed by atoms with E-state index in [1.54, 1.807) is 6.92 Å². The molecular formula is C12H22N2O3. The summed E-state index contributed by atoms with van der Waals surface area (Å²) < 4.78 is 0. The lowest BCUT2D eigenvalue weighted by Gasteiger charge is -2.31. The van der Waals surface area contributed by atoms with Gasteiger partial charge in [0.2, 0.25) is 0 Å². The summed E-state index contributed by atoms with van der Waals surface area (Å²) in [6.07, 6.45) is 4.42. The number of carboxylic acids is 1. The minimum absolute atomic E-state index is 0.247. The Kier molecular flexibility index (Phi) is 4.78. The zero-order valence-corrected chi connectivity index (χ0v) is 10.7. The van der Waals surface area contributed by atoms with Gasteiger partial charge in [0.1, 0.15) is 5.54 Å². The van der Waals surface area contributed by atoms with Crippen LogP contribution in [0.25, 0.3) is 0 Å². The molecule has 0 aromatic carbocycles. The molecular weight excluding hydrogens is 220 g/mol. The van der Waals surface area contributed by atoms with Crippen LogP contribution in [0.4, 0.5) is 4.79 Å². The van der Waals surface area contributed by atoms with Gasteiger partial charge in [0.05, 0.1) is 0 Å². The normalized spacial score (nSPS) is 23.8. The van der Waals surface area contributed by atoms with E-state index in [-0.39, 0.29) is 6.03 Å². The molecule has 1 atom stereocenters. The highest BCUT2D eigenvalue weighted by Crippen LogP contribution is 2.29. The SMILES string of the molecule is CCCCCNC(=O)N1CCCC1(C)C(=O)O. The van der Waals surface area contributed by atoms with E-state index in [0.717, 1.165) is 25.7 Å². The van der Waals surface area contributed by atoms with Crippen LogP contribution in [0.3, 0.4) is 0 Å². The Morgan fingerprint density at radius 1 is 1.41 bits per heavy atom. The summed E-state index contributed by atoms with van der Waals surface area (Å²) in [7, 11) is 0. The van der Waals surface area contributed by atoms with Gasteiger partial charge in [-0.15, -0.1) is 0 Å². The van der Waals surface area contributed by atoms with Crippen molar-refractivity contribution in [3.05, 3.63) is 0 Å². The second-order valence-corrected chi connectivity index (χ2v) is 4.77. The first-order chi connectivity index (χ1) is 8.02. The van der Waals surface area contributed by atoms with Crippen molar-refractivity contribution in [2.75, 3.05) is 13.1 Å². The summed E-state index contributed by atoms with van der Waals surface area (Å²) in [5.41, 5.74) is -1.03. The molecule has 1 unspecified atom stereocenters. The van der Waals surface area contributed by atoms with Crippen LogP contribution in [-0.4, -0.2) is 40.6 Å². The number of nitrogens with zero attached hydrogens (tertiary/aromatic N) is 1. The van der Waals surface area contributed by atoms with Crippen molar-refractivity contribution in [3.8, 4) is 0 Å². The number of carboxylic acid groups (broad SMARTS) is 1. The van der Waals surface area contributed by atoms with Gasteiger partial charge in [-0.05, 0) is 26.2 Å². The number of urea groups is 1. The quantitative estimate of drug-likeness (QED) is 0.722. The molecule has 1 heterocycles. The second kappa shape index (κ2) is 5.89. The van der Waals surface area contributed by atoms with Gasteiger partial charge in [0, 0.05) is 13.1 Å². The van der Waals surface area contributed by atoms with Crippen LogP contribution < -0.4 is 5.32 Å². The molecule has 1 saturated heterocycles. The van der Waals surface area contributed by atoms with Crippen LogP contribution in [0, 0.1) is 0 Å². The summed E-state index contributed by atoms with van der Waals surface area (Å²) in [5, 5.41) is 12.0. The maximum atomic E-state index is 11.9. The highest BCUT2D eigenvalue weighted by atomic mass is 16.4. The smallest absolute Gasteiger partial charge is 0.329 e. The van der Waals surface area contributed by atoms with Gasteiger partial charge in [-0.25, -0.2) is 9.59 Å². The molecule has 0 radical (unpaired) electrons. The van der Waals surface area contributed by atoms with E-state index in [1.165, 1.54) is 4.90 Å². The molecule has 5 heteroatoms. The van der Waals surface area contributed by atoms with E-state index in [4.69, 9.17) is 0 Å². The monoisotopic (exact) mass is 242 g/mol. The van der Waals surface area contributed by atoms with Crippen LogP contribution in [0.1, 0.15) is 46.0 Å². The van der Waals surface area contributed by atoms with Crippen molar-refractivity contribution in [3.63, 3.8) is 0 Å². The maximum Gasteiger partial charge on any atom is 0.329 e. The standard InChI is InChI=1S/C12H22N2O3/c1-3-4-5-8-13-11(17)14-9-6-7-12(14,2)10(15)16/h3-9H2,1-2H3,(H,13,17)(H,15,16). The molecule has 1 fully saturated rings. The Hall–Kier alpha value is -1.26. The minimum atomic E-state index is -1.03. The van der Waals surface area contributed by atoms with Gasteiger partial charge in [0.25, 0.3) is 0 Å². The number of likely N-dealkylation sites (tertiary alicyclic amines) is 1. The minimum Gasteiger partial charge on any atom is -0.480 e. The van der Waals surface area contributed by atoms with Crippen LogP contribution in [0.5, 0.6) is 0 Å². The number of carbonyl (C=O) groups is 2. The molecule has 0 saturated carbocycles. The lowest BCUT2D eigenvalue weighted by atomic mass is 10.00. The average Bonchev–Trinajstić information content (AvgIpc) is 2.68. The Morgan fingerprint density at radius 2 is 2.12 bits per heavy atom. The predicted octanol–water partition coefficient (Wildman–Crippen LogP) is 1.83. The first kappa shape index (κ1) is 13.8. The lowest BCUT2D eigenvalue weighted by molar-refractivity contribution is -0.147. The molecule has 98 valence electrons. The summed E-state index contributed by atoms with van der Waals surface area (Å²) in [6.45, 7) is 4.87. The number of carbonyl (C=O) groups excluding carboxylic acids is 1. The predicted molar refractivity (Wildman–Crippen MR) is 64.9 cm³/mol. The highest BCUT2D eigenvalue weighted by Gasteiger charge is 2.45. The summed E-state index contributed by atoms with van der Waals surface area (Å²) in [5.74, 6) is -0.918. The maximum absolute atomic E-state index is 11.9. The van der Waals surface area contributed by atoms with Crippen molar-refractivity contribution in [2.45, 2.75) is 51.5 Å². The van der Waals surface area contributed by atoms with Gasteiger partial charge in [-0.2, -0.15) is 0 Å². The fraction of sp³-hybridized carbons (Fsp3) is 0.833. The van der Waals surface area contributed by atoms with Gasteiger partial charge in [-0.3, -0.25) is 0 Å². The third-order valence-electron chi connectivity index (χ3n) is 3.40. The molecule has 0 aromatic rings. The Balaban J connectivity index is 2.48. The Bertz CT molecular complexity index is 293. The fourth-order valence-corrected chi connectivity index (χ4v) is 2.18. The third kappa shape index (κ3) is 3.11. The topological polar surface area (TPSA) is 69.6 Å². The molecule has 1 aliphatic rings. The lowest BCUT2D eigenvalue weighted by Crippen LogP contribution is -2.54. The Morgan fingerprint density at radius 3 is 2.71 bits per heavy atom. The second-order valence-electron chi connectivity index (χ2n) is 4.77. The highest BCUT2D eigenvalue weighted by molar-refractivity contribution is 5.86. The fourth-order valence-electron chi connectivity index (χ4n) is 2.18. The number of aliphatic carboxylic acids is 1. The zero-order valence-electron chi connectivity index (χ0n) is 10.7. The van der Waals surface area contributed by atoms with E-state index >= 15 is 0 Å². The summed E-state index contributed by atoms with van der Waals surface area (Å²) >= 11 is 0. The third-order valence-corrected chi connectivity index (χ3v) is 3.40. The van der Waals surface area contributed by atoms with Crippen LogP contribution in [-0.2, 0) is 4.79 Å². The van der Waals surface area contributed by atoms with E-state index in [9.17, 15) is 14.7 Å². The van der Waals surface area contributed by atoms with Gasteiger partial charge >= 0.3 is 12.0 Å². The number of amides is 2. The molecule has 0 aromatic heterocycles. The molecule has 2 N–H and O–H groups in total. The van der Waals surface area contributed by atoms with E-state index < -0.39 is 11.5 Å². The van der Waals surface area contributed by atoms with Gasteiger partial charge in [-0.1, -0.05) is 19.8 Å². The summed E-state index contributed by atoms with van der Waals surface area (Å²) in [4.78, 5) is 24.5. The first-order valence-corrected chi connectivity index (χ1v) is 6.31. The van der Waals surface area contributed by atoms with Gasteiger partial charge in [0.15, 0.2) is 0 Å². The molecule has 0 aliphatic carbocycles. The molecule has 2 amide bonds. The molecule has 1 aliphatic heterocycles. The molecule has 17 heavy (non-hydrogen) atoms. The summed E-state index contributed by atoms with van der Waals surface area (Å²) in [6, 6.07) is -0.247. The van der Waals surface area contributed by atoms with Crippen molar-refractivity contribution < 1.29 is 14.7 Å². The number of hydrogen-bond acceptors (Lipinski definition) is 2. The van der Waals surface area contributed by atoms with Crippen molar-refractivity contribution in [2.24, 2.45) is 0 Å². The number of unbranched alkanes of at least 4 members (excludes halogenated alkanes) is 2. The average molecular weight is 242 g/mol. The van der Waals surface area contributed by atoms with Crippen molar-refractivity contribution in [1.82, 2.24) is 10.2 Å². The number of rotatable bonds is 5. The van der Waals surface area contributed by atoms with Gasteiger partial charge < -0.3 is 15.3 Å². The molecule has 5 nitrogen and oxygen atoms in total. The van der Waals surface area contributed by atoms with Crippen LogP contribution >= 0.6 is 0 Å². The van der Waals surface area contributed by atoms with E-state index in [1.807, 2.05) is 0 Å². The van der Waals surface area contributed by atoms with Crippen LogP contribution in [0.2, 0.25) is 0 Å². The van der Waals surface area contributed by atoms with E-state index in [2.05, 4.69) is 12.2 Å². The van der Waals surface area contributed by atoms with Crippen LogP contribution in [0.15, 0.2) is 0 Å². The first-order valence-electron chi connectivity index (χ1n) is 6.31. The van der Waals surface area contributed by atoms with Crippen molar-refractivity contribution >= 4 is 12.0 Å². The zero-order chi connectivity index (χ0) is 12.9. The van der Waals surface area contributed by atoms with E-state index in [0.29, 0.717) is 19.5 Å². The molecule has 0 spiro atoms. The molecule has 0 bridgehead atoms. The molecule has 1 rings (SSSR count). The number of hydrogen-bond donors (Lipinski definition) is 2. The van der Waals surface area contributed by atoms with Crippen molar-refractivity contribution in [1.29, 1.82) is 0 Å². The number of nitrogens with one attached hydrogen (secondary N) is 1. The largest absolute Gasteiger partial charge is 0.480 e.